The summed E-state index contributed by atoms with van der Waals surface area (Å²) >= 11 is 0. The average molecular weight is 304 g/mol. The Balaban J connectivity index is 2.06. The molecule has 2 rings (SSSR count). The van der Waals surface area contributed by atoms with E-state index >= 15 is 0 Å². The summed E-state index contributed by atoms with van der Waals surface area (Å²) in [7, 11) is -0.559. The highest BCUT2D eigenvalue weighted by Crippen LogP contribution is 2.23. The van der Waals surface area contributed by atoms with E-state index in [1.54, 1.807) is 6.82 Å². The van der Waals surface area contributed by atoms with Gasteiger partial charge in [0.05, 0.1) is 12.5 Å². The lowest BCUT2D eigenvalue weighted by molar-refractivity contribution is -0.148. The molecule has 0 spiro atoms. The van der Waals surface area contributed by atoms with Crippen molar-refractivity contribution in [3.05, 3.63) is 35.9 Å². The third-order valence-corrected chi connectivity index (χ3v) is 4.23. The molecule has 0 unspecified atom stereocenters. The first kappa shape index (κ1) is 17.0. The van der Waals surface area contributed by atoms with Crippen LogP contribution in [0.15, 0.2) is 30.3 Å². The van der Waals surface area contributed by atoms with Crippen molar-refractivity contribution >= 4 is 13.0 Å². The number of esters is 1. The van der Waals surface area contributed by atoms with Crippen LogP contribution in [0, 0.1) is 5.92 Å². The van der Waals surface area contributed by atoms with Gasteiger partial charge in [0.15, 0.2) is 0 Å². The normalized spacial score (nSPS) is 23.3. The van der Waals surface area contributed by atoms with Gasteiger partial charge in [0.25, 0.3) is 0 Å². The summed E-state index contributed by atoms with van der Waals surface area (Å²) in [6.45, 7) is 7.17. The van der Waals surface area contributed by atoms with Crippen molar-refractivity contribution in [1.29, 1.82) is 0 Å². The SMILES string of the molecule is CCOC(=O)[C@H]1CN(B(C)O)C[C@H]1N[C@H](C)c1ccccc1. The zero-order chi connectivity index (χ0) is 16.1. The molecule has 2 N–H and O–H groups in total. The van der Waals surface area contributed by atoms with Gasteiger partial charge in [0, 0.05) is 25.2 Å². The quantitative estimate of drug-likeness (QED) is 0.613. The van der Waals surface area contributed by atoms with Crippen LogP contribution in [0.25, 0.3) is 0 Å². The van der Waals surface area contributed by atoms with E-state index in [2.05, 4.69) is 24.4 Å². The lowest BCUT2D eigenvalue weighted by Crippen LogP contribution is -2.42. The van der Waals surface area contributed by atoms with Crippen LogP contribution < -0.4 is 5.32 Å². The lowest BCUT2D eigenvalue weighted by atomic mass is 9.86. The monoisotopic (exact) mass is 304 g/mol. The molecule has 3 atom stereocenters. The second-order valence-corrected chi connectivity index (χ2v) is 5.85. The number of rotatable bonds is 6. The zero-order valence-electron chi connectivity index (χ0n) is 13.5. The fourth-order valence-corrected chi connectivity index (χ4v) is 2.96. The second kappa shape index (κ2) is 7.76. The summed E-state index contributed by atoms with van der Waals surface area (Å²) in [5.74, 6) is -0.441. The number of hydrogen-bond acceptors (Lipinski definition) is 5. The smallest absolute Gasteiger partial charge is 0.376 e. The Hall–Kier alpha value is -1.37. The van der Waals surface area contributed by atoms with Crippen LogP contribution >= 0.6 is 0 Å². The number of benzene rings is 1. The predicted octanol–water partition coefficient (Wildman–Crippen LogP) is 1.31. The van der Waals surface area contributed by atoms with Crippen molar-refractivity contribution < 1.29 is 14.6 Å². The summed E-state index contributed by atoms with van der Waals surface area (Å²) in [6.07, 6.45) is 0. The van der Waals surface area contributed by atoms with E-state index in [1.165, 1.54) is 5.56 Å². The van der Waals surface area contributed by atoms with Crippen LogP contribution in [-0.2, 0) is 9.53 Å². The molecule has 0 radical (unpaired) electrons. The molecular formula is C16H25BN2O3. The molecule has 0 amide bonds. The second-order valence-electron chi connectivity index (χ2n) is 5.85. The molecule has 1 aliphatic heterocycles. The summed E-state index contributed by atoms with van der Waals surface area (Å²) in [5, 5.41) is 13.3. The Kier molecular flexibility index (Phi) is 6.00. The lowest BCUT2D eigenvalue weighted by Gasteiger charge is -2.23. The van der Waals surface area contributed by atoms with Crippen LogP contribution in [0.3, 0.4) is 0 Å². The highest BCUT2D eigenvalue weighted by atomic mass is 16.5. The number of nitrogens with zero attached hydrogens (tertiary/aromatic N) is 1. The third-order valence-electron chi connectivity index (χ3n) is 4.23. The molecule has 5 nitrogen and oxygen atoms in total. The first-order valence-corrected chi connectivity index (χ1v) is 7.92. The number of nitrogens with one attached hydrogen (secondary N) is 1. The number of carbonyl (C=O) groups excluding carboxylic acids is 1. The molecule has 0 bridgehead atoms. The van der Waals surface area contributed by atoms with E-state index in [-0.39, 0.29) is 24.0 Å². The standard InChI is InChI=1S/C16H25BN2O3/c1-4-22-16(20)14-10-19(17(3)21)11-15(14)18-12(2)13-8-6-5-7-9-13/h5-9,12,14-15,18,21H,4,10-11H2,1-3H3/t12-,14+,15-/m1/s1. The van der Waals surface area contributed by atoms with Gasteiger partial charge in [-0.2, -0.15) is 0 Å². The summed E-state index contributed by atoms with van der Waals surface area (Å²) < 4.78 is 5.18. The maximum absolute atomic E-state index is 12.2. The molecule has 1 fully saturated rings. The number of hydrogen-bond donors (Lipinski definition) is 2. The minimum atomic E-state index is -0.559. The molecule has 0 aliphatic carbocycles. The van der Waals surface area contributed by atoms with E-state index < -0.39 is 7.05 Å². The summed E-state index contributed by atoms with van der Waals surface area (Å²) in [5.41, 5.74) is 1.18. The van der Waals surface area contributed by atoms with Gasteiger partial charge in [0.2, 0.25) is 0 Å². The van der Waals surface area contributed by atoms with Crippen molar-refractivity contribution in [3.63, 3.8) is 0 Å². The molecule has 1 aromatic carbocycles. The first-order valence-electron chi connectivity index (χ1n) is 7.92. The Morgan fingerprint density at radius 2 is 2.14 bits per heavy atom. The van der Waals surface area contributed by atoms with E-state index in [1.807, 2.05) is 29.9 Å². The Morgan fingerprint density at radius 3 is 2.73 bits per heavy atom. The topological polar surface area (TPSA) is 61.8 Å². The van der Waals surface area contributed by atoms with Gasteiger partial charge in [-0.25, -0.2) is 0 Å². The van der Waals surface area contributed by atoms with Gasteiger partial charge in [0.1, 0.15) is 0 Å². The largest absolute Gasteiger partial charge is 0.466 e. The molecule has 120 valence electrons. The third kappa shape index (κ3) is 4.09. The van der Waals surface area contributed by atoms with E-state index in [0.717, 1.165) is 0 Å². The minimum absolute atomic E-state index is 0.0242. The van der Waals surface area contributed by atoms with Crippen LogP contribution in [0.1, 0.15) is 25.5 Å². The molecule has 1 saturated heterocycles. The predicted molar refractivity (Wildman–Crippen MR) is 87.3 cm³/mol. The maximum Gasteiger partial charge on any atom is 0.376 e. The van der Waals surface area contributed by atoms with Crippen LogP contribution in [0.5, 0.6) is 0 Å². The van der Waals surface area contributed by atoms with E-state index in [0.29, 0.717) is 19.7 Å². The Bertz CT molecular complexity index is 484. The highest BCUT2D eigenvalue weighted by Gasteiger charge is 2.41. The number of carbonyl (C=O) groups is 1. The molecule has 1 aliphatic rings. The first-order chi connectivity index (χ1) is 10.5. The molecule has 0 aromatic heterocycles. The van der Waals surface area contributed by atoms with Crippen molar-refractivity contribution in [1.82, 2.24) is 10.1 Å². The molecule has 0 saturated carbocycles. The van der Waals surface area contributed by atoms with Crippen molar-refractivity contribution in [2.24, 2.45) is 5.92 Å². The van der Waals surface area contributed by atoms with Gasteiger partial charge in [-0.05, 0) is 26.2 Å². The maximum atomic E-state index is 12.2. The molecule has 6 heteroatoms. The summed E-state index contributed by atoms with van der Waals surface area (Å²) in [6, 6.07) is 10.3. The van der Waals surface area contributed by atoms with Crippen LogP contribution in [0.4, 0.5) is 0 Å². The van der Waals surface area contributed by atoms with Gasteiger partial charge in [-0.15, -0.1) is 0 Å². The van der Waals surface area contributed by atoms with E-state index in [4.69, 9.17) is 4.74 Å². The van der Waals surface area contributed by atoms with Crippen molar-refractivity contribution in [3.8, 4) is 0 Å². The fourth-order valence-electron chi connectivity index (χ4n) is 2.96. The summed E-state index contributed by atoms with van der Waals surface area (Å²) in [4.78, 5) is 14.1. The molecule has 1 aromatic rings. The number of ether oxygens (including phenoxy) is 1. The minimum Gasteiger partial charge on any atom is -0.466 e. The van der Waals surface area contributed by atoms with Gasteiger partial charge in [-0.1, -0.05) is 30.3 Å². The van der Waals surface area contributed by atoms with E-state index in [9.17, 15) is 9.82 Å². The average Bonchev–Trinajstić information content (AvgIpc) is 2.92. The van der Waals surface area contributed by atoms with Gasteiger partial charge >= 0.3 is 13.0 Å². The Morgan fingerprint density at radius 1 is 1.45 bits per heavy atom. The highest BCUT2D eigenvalue weighted by molar-refractivity contribution is 6.45. The Labute approximate surface area is 132 Å². The van der Waals surface area contributed by atoms with Crippen molar-refractivity contribution in [2.75, 3.05) is 19.7 Å². The van der Waals surface area contributed by atoms with Crippen molar-refractivity contribution in [2.45, 2.75) is 32.8 Å². The van der Waals surface area contributed by atoms with Gasteiger partial charge in [-0.3, -0.25) is 4.79 Å². The van der Waals surface area contributed by atoms with Crippen LogP contribution in [0.2, 0.25) is 6.82 Å². The molecular weight excluding hydrogens is 279 g/mol. The molecule has 1 heterocycles. The van der Waals surface area contributed by atoms with Gasteiger partial charge < -0.3 is 19.9 Å². The van der Waals surface area contributed by atoms with Crippen LogP contribution in [-0.4, -0.2) is 48.6 Å². The molecule has 22 heavy (non-hydrogen) atoms. The zero-order valence-corrected chi connectivity index (χ0v) is 13.5. The fraction of sp³-hybridized carbons (Fsp3) is 0.562.